The Morgan fingerprint density at radius 2 is 1.86 bits per heavy atom. The molecule has 2 rings (SSSR count). The second-order valence-electron chi connectivity index (χ2n) is 4.88. The Kier molecular flexibility index (Phi) is 4.57. The van der Waals surface area contributed by atoms with Crippen LogP contribution in [-0.4, -0.2) is 19.5 Å². The van der Waals surface area contributed by atoms with E-state index in [0.29, 0.717) is 5.56 Å². The van der Waals surface area contributed by atoms with Crippen LogP contribution in [0.15, 0.2) is 48.5 Å². The van der Waals surface area contributed by atoms with Gasteiger partial charge in [-0.05, 0) is 42.8 Å². The monoisotopic (exact) mass is 279 g/mol. The van der Waals surface area contributed by atoms with Crippen molar-refractivity contribution in [2.24, 2.45) is 0 Å². The predicted octanol–water partition coefficient (Wildman–Crippen LogP) is 2.94. The van der Waals surface area contributed by atoms with Crippen LogP contribution in [0.25, 0.3) is 0 Å². The topological polar surface area (TPSA) is 56.1 Å². The van der Waals surface area contributed by atoms with Gasteiger partial charge in [-0.3, -0.25) is 4.79 Å². The van der Waals surface area contributed by atoms with Crippen molar-refractivity contribution in [2.75, 3.05) is 23.8 Å². The molecule has 0 bridgehead atoms. The molecule has 21 heavy (non-hydrogen) atoms. The standard InChI is InChI=1S/C17H17N3O/c1-13-5-3-4-6-16(13)19-17(21)12-20(2)15-9-7-14(11-18)8-10-15/h3-10H,12H2,1-2H3,(H,19,21). The molecule has 0 radical (unpaired) electrons. The van der Waals surface area contributed by atoms with Crippen molar-refractivity contribution in [2.45, 2.75) is 6.92 Å². The van der Waals surface area contributed by atoms with Gasteiger partial charge in [0.15, 0.2) is 0 Å². The maximum Gasteiger partial charge on any atom is 0.243 e. The highest BCUT2D eigenvalue weighted by Crippen LogP contribution is 2.15. The van der Waals surface area contributed by atoms with E-state index >= 15 is 0 Å². The number of para-hydroxylation sites is 1. The molecular weight excluding hydrogens is 262 g/mol. The summed E-state index contributed by atoms with van der Waals surface area (Å²) in [4.78, 5) is 13.9. The van der Waals surface area contributed by atoms with E-state index in [9.17, 15) is 4.79 Å². The van der Waals surface area contributed by atoms with E-state index in [2.05, 4.69) is 11.4 Å². The number of likely N-dealkylation sites (N-methyl/N-ethyl adjacent to an activating group) is 1. The molecule has 2 aromatic rings. The van der Waals surface area contributed by atoms with Crippen LogP contribution < -0.4 is 10.2 Å². The van der Waals surface area contributed by atoms with Crippen molar-refractivity contribution in [1.29, 1.82) is 5.26 Å². The molecule has 2 aromatic carbocycles. The molecule has 0 spiro atoms. The van der Waals surface area contributed by atoms with Crippen LogP contribution in [0.2, 0.25) is 0 Å². The number of carbonyl (C=O) groups excluding carboxylic acids is 1. The quantitative estimate of drug-likeness (QED) is 0.936. The largest absolute Gasteiger partial charge is 0.365 e. The number of aryl methyl sites for hydroxylation is 1. The fourth-order valence-corrected chi connectivity index (χ4v) is 2.00. The van der Waals surface area contributed by atoms with Crippen LogP contribution in [-0.2, 0) is 4.79 Å². The zero-order valence-corrected chi connectivity index (χ0v) is 12.1. The van der Waals surface area contributed by atoms with Gasteiger partial charge >= 0.3 is 0 Å². The Balaban J connectivity index is 1.99. The highest BCUT2D eigenvalue weighted by molar-refractivity contribution is 5.94. The van der Waals surface area contributed by atoms with Crippen molar-refractivity contribution in [3.05, 3.63) is 59.7 Å². The first-order valence-corrected chi connectivity index (χ1v) is 6.67. The molecule has 1 amide bonds. The van der Waals surface area contributed by atoms with Crippen LogP contribution in [0.1, 0.15) is 11.1 Å². The Morgan fingerprint density at radius 1 is 1.19 bits per heavy atom. The lowest BCUT2D eigenvalue weighted by molar-refractivity contribution is -0.114. The number of hydrogen-bond acceptors (Lipinski definition) is 3. The molecule has 0 unspecified atom stereocenters. The summed E-state index contributed by atoms with van der Waals surface area (Å²) in [6.45, 7) is 2.21. The first-order valence-electron chi connectivity index (χ1n) is 6.67. The van der Waals surface area contributed by atoms with Gasteiger partial charge in [-0.15, -0.1) is 0 Å². The van der Waals surface area contributed by atoms with E-state index < -0.39 is 0 Å². The second kappa shape index (κ2) is 6.58. The van der Waals surface area contributed by atoms with Gasteiger partial charge in [0.2, 0.25) is 5.91 Å². The summed E-state index contributed by atoms with van der Waals surface area (Å²) < 4.78 is 0. The average Bonchev–Trinajstić information content (AvgIpc) is 2.49. The minimum atomic E-state index is -0.0730. The Bertz CT molecular complexity index is 671. The zero-order valence-electron chi connectivity index (χ0n) is 12.1. The Labute approximate surface area is 124 Å². The second-order valence-corrected chi connectivity index (χ2v) is 4.88. The summed E-state index contributed by atoms with van der Waals surface area (Å²) in [6, 6.07) is 16.9. The minimum absolute atomic E-state index is 0.0730. The number of hydrogen-bond donors (Lipinski definition) is 1. The summed E-state index contributed by atoms with van der Waals surface area (Å²) >= 11 is 0. The summed E-state index contributed by atoms with van der Waals surface area (Å²) in [6.07, 6.45) is 0. The highest BCUT2D eigenvalue weighted by Gasteiger charge is 2.08. The smallest absolute Gasteiger partial charge is 0.243 e. The van der Waals surface area contributed by atoms with Crippen LogP contribution in [0.4, 0.5) is 11.4 Å². The van der Waals surface area contributed by atoms with E-state index in [1.165, 1.54) is 0 Å². The Hall–Kier alpha value is -2.80. The van der Waals surface area contributed by atoms with Gasteiger partial charge in [0, 0.05) is 18.4 Å². The van der Waals surface area contributed by atoms with Crippen molar-refractivity contribution < 1.29 is 4.79 Å². The van der Waals surface area contributed by atoms with Crippen LogP contribution in [0, 0.1) is 18.3 Å². The van der Waals surface area contributed by atoms with Crippen molar-refractivity contribution >= 4 is 17.3 Å². The molecular formula is C17H17N3O. The summed E-state index contributed by atoms with van der Waals surface area (Å²) in [5.41, 5.74) is 3.37. The molecule has 0 aliphatic carbocycles. The normalized spacial score (nSPS) is 9.76. The van der Waals surface area contributed by atoms with Crippen molar-refractivity contribution in [1.82, 2.24) is 0 Å². The number of nitrogens with one attached hydrogen (secondary N) is 1. The summed E-state index contributed by atoms with van der Waals surface area (Å²) in [5, 5.41) is 11.7. The summed E-state index contributed by atoms with van der Waals surface area (Å²) in [7, 11) is 1.85. The molecule has 0 aliphatic rings. The fourth-order valence-electron chi connectivity index (χ4n) is 2.00. The summed E-state index contributed by atoms with van der Waals surface area (Å²) in [5.74, 6) is -0.0730. The first-order chi connectivity index (χ1) is 10.1. The van der Waals surface area contributed by atoms with Crippen molar-refractivity contribution in [3.63, 3.8) is 0 Å². The van der Waals surface area contributed by atoms with Gasteiger partial charge in [-0.2, -0.15) is 5.26 Å². The van der Waals surface area contributed by atoms with E-state index in [0.717, 1.165) is 16.9 Å². The number of rotatable bonds is 4. The van der Waals surface area contributed by atoms with Crippen LogP contribution in [0.5, 0.6) is 0 Å². The lowest BCUT2D eigenvalue weighted by Gasteiger charge is -2.19. The number of benzene rings is 2. The molecule has 0 heterocycles. The Morgan fingerprint density at radius 3 is 2.48 bits per heavy atom. The van der Waals surface area contributed by atoms with Crippen LogP contribution in [0.3, 0.4) is 0 Å². The number of nitrogens with zero attached hydrogens (tertiary/aromatic N) is 2. The predicted molar refractivity (Wildman–Crippen MR) is 84.2 cm³/mol. The maximum atomic E-state index is 12.1. The third-order valence-electron chi connectivity index (χ3n) is 3.24. The highest BCUT2D eigenvalue weighted by atomic mass is 16.2. The number of anilines is 2. The lowest BCUT2D eigenvalue weighted by Crippen LogP contribution is -2.30. The number of nitriles is 1. The SMILES string of the molecule is Cc1ccccc1NC(=O)CN(C)c1ccc(C#N)cc1. The van der Waals surface area contributed by atoms with E-state index in [4.69, 9.17) is 5.26 Å². The van der Waals surface area contributed by atoms with Gasteiger partial charge in [0.1, 0.15) is 0 Å². The van der Waals surface area contributed by atoms with Crippen molar-refractivity contribution in [3.8, 4) is 6.07 Å². The number of amides is 1. The molecule has 4 nitrogen and oxygen atoms in total. The lowest BCUT2D eigenvalue weighted by atomic mass is 10.2. The molecule has 0 aliphatic heterocycles. The first kappa shape index (κ1) is 14.6. The maximum absolute atomic E-state index is 12.1. The average molecular weight is 279 g/mol. The molecule has 0 atom stereocenters. The third kappa shape index (κ3) is 3.83. The van der Waals surface area contributed by atoms with Gasteiger partial charge in [0.05, 0.1) is 18.2 Å². The molecule has 0 fully saturated rings. The zero-order chi connectivity index (χ0) is 15.2. The van der Waals surface area contributed by atoms with Gasteiger partial charge < -0.3 is 10.2 Å². The van der Waals surface area contributed by atoms with E-state index in [1.54, 1.807) is 12.1 Å². The van der Waals surface area contributed by atoms with Gasteiger partial charge in [-0.25, -0.2) is 0 Å². The van der Waals surface area contributed by atoms with Gasteiger partial charge in [-0.1, -0.05) is 18.2 Å². The van der Waals surface area contributed by atoms with E-state index in [1.807, 2.05) is 55.3 Å². The number of carbonyl (C=O) groups is 1. The van der Waals surface area contributed by atoms with E-state index in [-0.39, 0.29) is 12.5 Å². The molecule has 1 N–H and O–H groups in total. The molecule has 106 valence electrons. The van der Waals surface area contributed by atoms with Crippen LogP contribution >= 0.6 is 0 Å². The molecule has 0 aromatic heterocycles. The van der Waals surface area contributed by atoms with Gasteiger partial charge in [0.25, 0.3) is 0 Å². The molecule has 0 saturated heterocycles. The molecule has 0 saturated carbocycles. The minimum Gasteiger partial charge on any atom is -0.365 e. The third-order valence-corrected chi connectivity index (χ3v) is 3.24. The molecule has 4 heteroatoms. The fraction of sp³-hybridized carbons (Fsp3) is 0.176.